The molecule has 0 aliphatic carbocycles. The van der Waals surface area contributed by atoms with Crippen LogP contribution in [0.25, 0.3) is 16.9 Å². The van der Waals surface area contributed by atoms with Crippen molar-refractivity contribution in [3.05, 3.63) is 64.8 Å². The molecule has 0 amide bonds. The van der Waals surface area contributed by atoms with E-state index in [9.17, 15) is 0 Å². The lowest BCUT2D eigenvalue weighted by Crippen LogP contribution is -2.06. The molecule has 0 spiro atoms. The van der Waals surface area contributed by atoms with Crippen molar-refractivity contribution in [2.24, 2.45) is 0 Å². The van der Waals surface area contributed by atoms with Crippen LogP contribution in [0.4, 0.5) is 0 Å². The molecule has 4 rings (SSSR count). The Morgan fingerprint density at radius 2 is 1.96 bits per heavy atom. The fourth-order valence-corrected chi connectivity index (χ4v) is 2.99. The molecule has 0 bridgehead atoms. The van der Waals surface area contributed by atoms with Crippen LogP contribution in [0.1, 0.15) is 17.0 Å². The van der Waals surface area contributed by atoms with E-state index < -0.39 is 0 Å². The molecule has 3 heterocycles. The van der Waals surface area contributed by atoms with Crippen LogP contribution in [0, 0.1) is 13.8 Å². The van der Waals surface area contributed by atoms with Gasteiger partial charge < -0.3 is 0 Å². The molecular weight excluding hydrogens is 324 g/mol. The van der Waals surface area contributed by atoms with Gasteiger partial charge in [0.25, 0.3) is 0 Å². The summed E-state index contributed by atoms with van der Waals surface area (Å²) in [7, 11) is 0. The summed E-state index contributed by atoms with van der Waals surface area (Å²) in [5.74, 6) is 0.732. The topological polar surface area (TPSA) is 61.4 Å². The van der Waals surface area contributed by atoms with Crippen LogP contribution in [0.3, 0.4) is 0 Å². The van der Waals surface area contributed by atoms with Crippen molar-refractivity contribution in [1.29, 1.82) is 0 Å². The first-order chi connectivity index (χ1) is 11.6. The van der Waals surface area contributed by atoms with E-state index in [1.807, 2.05) is 53.5 Å². The minimum absolute atomic E-state index is 0.552. The molecule has 4 aromatic rings. The lowest BCUT2D eigenvalue weighted by Gasteiger charge is -2.07. The van der Waals surface area contributed by atoms with Gasteiger partial charge in [-0.2, -0.15) is 10.2 Å². The molecule has 0 aliphatic rings. The molecule has 0 unspecified atom stereocenters. The quantitative estimate of drug-likeness (QED) is 0.575. The normalized spacial score (nSPS) is 11.3. The van der Waals surface area contributed by atoms with Crippen molar-refractivity contribution in [3.63, 3.8) is 0 Å². The van der Waals surface area contributed by atoms with Gasteiger partial charge in [-0.25, -0.2) is 19.3 Å². The van der Waals surface area contributed by atoms with Crippen LogP contribution in [0.2, 0.25) is 5.02 Å². The number of nitrogens with zero attached hydrogens (tertiary/aromatic N) is 6. The molecule has 0 saturated carbocycles. The van der Waals surface area contributed by atoms with Gasteiger partial charge in [0.05, 0.1) is 23.8 Å². The molecule has 3 aromatic heterocycles. The number of halogens is 1. The van der Waals surface area contributed by atoms with E-state index in [1.165, 1.54) is 0 Å². The Balaban J connectivity index is 1.82. The van der Waals surface area contributed by atoms with Crippen LogP contribution in [-0.4, -0.2) is 29.5 Å². The minimum atomic E-state index is 0.552. The largest absolute Gasteiger partial charge is 0.243 e. The average Bonchev–Trinajstić information content (AvgIpc) is 3.12. The Morgan fingerprint density at radius 1 is 1.12 bits per heavy atom. The Bertz CT molecular complexity index is 1030. The van der Waals surface area contributed by atoms with Gasteiger partial charge in [-0.15, -0.1) is 0 Å². The third-order valence-electron chi connectivity index (χ3n) is 3.90. The summed E-state index contributed by atoms with van der Waals surface area (Å²) in [6, 6.07) is 9.75. The second-order valence-electron chi connectivity index (χ2n) is 5.67. The van der Waals surface area contributed by atoms with E-state index in [0.29, 0.717) is 11.6 Å². The Kier molecular flexibility index (Phi) is 3.54. The van der Waals surface area contributed by atoms with E-state index >= 15 is 0 Å². The van der Waals surface area contributed by atoms with E-state index in [0.717, 1.165) is 33.8 Å². The molecule has 120 valence electrons. The second-order valence-corrected chi connectivity index (χ2v) is 6.07. The maximum Gasteiger partial charge on any atom is 0.168 e. The SMILES string of the molecule is Cc1cc(C)n(-c2ncnc3c2cnn3Cc2ccccc2Cl)n1. The molecule has 0 saturated heterocycles. The van der Waals surface area contributed by atoms with Gasteiger partial charge in [0.2, 0.25) is 0 Å². The molecule has 0 atom stereocenters. The highest BCUT2D eigenvalue weighted by Crippen LogP contribution is 2.22. The Hall–Kier alpha value is -2.73. The fourth-order valence-electron chi connectivity index (χ4n) is 2.80. The van der Waals surface area contributed by atoms with Crippen molar-refractivity contribution in [3.8, 4) is 5.82 Å². The fraction of sp³-hybridized carbons (Fsp3) is 0.176. The number of hydrogen-bond donors (Lipinski definition) is 0. The predicted molar refractivity (Wildman–Crippen MR) is 92.5 cm³/mol. The average molecular weight is 339 g/mol. The van der Waals surface area contributed by atoms with Gasteiger partial charge >= 0.3 is 0 Å². The van der Waals surface area contributed by atoms with Crippen molar-refractivity contribution >= 4 is 22.6 Å². The summed E-state index contributed by atoms with van der Waals surface area (Å²) < 4.78 is 3.65. The van der Waals surface area contributed by atoms with E-state index in [1.54, 1.807) is 12.5 Å². The van der Waals surface area contributed by atoms with Crippen molar-refractivity contribution in [1.82, 2.24) is 29.5 Å². The highest BCUT2D eigenvalue weighted by Gasteiger charge is 2.14. The molecule has 1 aromatic carbocycles. The van der Waals surface area contributed by atoms with Crippen LogP contribution in [0.5, 0.6) is 0 Å². The Labute approximate surface area is 143 Å². The summed E-state index contributed by atoms with van der Waals surface area (Å²) in [6.45, 7) is 4.52. The van der Waals surface area contributed by atoms with Crippen molar-refractivity contribution in [2.75, 3.05) is 0 Å². The second kappa shape index (κ2) is 5.72. The van der Waals surface area contributed by atoms with E-state index in [2.05, 4.69) is 20.2 Å². The maximum absolute atomic E-state index is 6.26. The zero-order valence-corrected chi connectivity index (χ0v) is 14.1. The van der Waals surface area contributed by atoms with Crippen LogP contribution in [-0.2, 0) is 6.54 Å². The third-order valence-corrected chi connectivity index (χ3v) is 4.27. The molecule has 0 radical (unpaired) electrons. The van der Waals surface area contributed by atoms with Gasteiger partial charge in [-0.3, -0.25) is 0 Å². The summed E-state index contributed by atoms with van der Waals surface area (Å²) in [6.07, 6.45) is 3.32. The molecule has 0 aliphatic heterocycles. The molecular formula is C17H15ClN6. The van der Waals surface area contributed by atoms with Crippen LogP contribution < -0.4 is 0 Å². The zero-order chi connectivity index (χ0) is 16.7. The summed E-state index contributed by atoms with van der Waals surface area (Å²) in [4.78, 5) is 8.79. The highest BCUT2D eigenvalue weighted by atomic mass is 35.5. The number of benzene rings is 1. The van der Waals surface area contributed by atoms with Gasteiger partial charge in [-0.1, -0.05) is 29.8 Å². The maximum atomic E-state index is 6.26. The number of fused-ring (bicyclic) bond motifs is 1. The number of rotatable bonds is 3. The first-order valence-electron chi connectivity index (χ1n) is 7.57. The van der Waals surface area contributed by atoms with Gasteiger partial charge in [-0.05, 0) is 31.5 Å². The third kappa shape index (κ3) is 2.45. The standard InChI is InChI=1S/C17H15ClN6/c1-11-7-12(2)24(22-11)17-14-8-21-23(16(14)19-10-20-17)9-13-5-3-4-6-15(13)18/h3-8,10H,9H2,1-2H3. The zero-order valence-electron chi connectivity index (χ0n) is 13.3. The number of aryl methyl sites for hydroxylation is 2. The van der Waals surface area contributed by atoms with Gasteiger partial charge in [0.15, 0.2) is 11.5 Å². The van der Waals surface area contributed by atoms with E-state index in [-0.39, 0.29) is 0 Å². The minimum Gasteiger partial charge on any atom is -0.243 e. The van der Waals surface area contributed by atoms with E-state index in [4.69, 9.17) is 11.6 Å². The van der Waals surface area contributed by atoms with Crippen molar-refractivity contribution in [2.45, 2.75) is 20.4 Å². The van der Waals surface area contributed by atoms with Crippen LogP contribution >= 0.6 is 11.6 Å². The summed E-state index contributed by atoms with van der Waals surface area (Å²) in [5.41, 5.74) is 3.72. The lowest BCUT2D eigenvalue weighted by atomic mass is 10.2. The predicted octanol–water partition coefficient (Wildman–Crippen LogP) is 3.33. The highest BCUT2D eigenvalue weighted by molar-refractivity contribution is 6.31. The molecule has 24 heavy (non-hydrogen) atoms. The molecule has 6 nitrogen and oxygen atoms in total. The molecule has 0 N–H and O–H groups in total. The van der Waals surface area contributed by atoms with Crippen LogP contribution in [0.15, 0.2) is 42.9 Å². The summed E-state index contributed by atoms with van der Waals surface area (Å²) >= 11 is 6.26. The van der Waals surface area contributed by atoms with Crippen molar-refractivity contribution < 1.29 is 0 Å². The Morgan fingerprint density at radius 3 is 2.71 bits per heavy atom. The number of aromatic nitrogens is 6. The molecule has 0 fully saturated rings. The number of hydrogen-bond acceptors (Lipinski definition) is 4. The lowest BCUT2D eigenvalue weighted by molar-refractivity contribution is 0.703. The smallest absolute Gasteiger partial charge is 0.168 e. The molecule has 7 heteroatoms. The monoisotopic (exact) mass is 338 g/mol. The first kappa shape index (κ1) is 14.8. The van der Waals surface area contributed by atoms with Gasteiger partial charge in [0, 0.05) is 10.7 Å². The summed E-state index contributed by atoms with van der Waals surface area (Å²) in [5, 5.41) is 10.5. The first-order valence-corrected chi connectivity index (χ1v) is 7.95. The van der Waals surface area contributed by atoms with Gasteiger partial charge in [0.1, 0.15) is 6.33 Å².